The van der Waals surface area contributed by atoms with Crippen LogP contribution in [0.3, 0.4) is 0 Å². The number of hydrogen-bond donors (Lipinski definition) is 2. The van der Waals surface area contributed by atoms with Crippen LogP contribution in [0.5, 0.6) is 0 Å². The molecule has 1 aromatic heterocycles. The molecule has 3 N–H and O–H groups in total. The lowest BCUT2D eigenvalue weighted by atomic mass is 9.92. The third kappa shape index (κ3) is 2.12. The van der Waals surface area contributed by atoms with Gasteiger partial charge in [0.2, 0.25) is 5.89 Å². The summed E-state index contributed by atoms with van der Waals surface area (Å²) in [7, 11) is 0. The second-order valence-electron chi connectivity index (χ2n) is 4.58. The Morgan fingerprint density at radius 1 is 1.47 bits per heavy atom. The Morgan fingerprint density at radius 2 is 2.20 bits per heavy atom. The van der Waals surface area contributed by atoms with E-state index in [1.807, 2.05) is 0 Å². The van der Waals surface area contributed by atoms with E-state index < -0.39 is 0 Å². The molecule has 15 heavy (non-hydrogen) atoms. The van der Waals surface area contributed by atoms with Gasteiger partial charge in [-0.2, -0.15) is 0 Å². The summed E-state index contributed by atoms with van der Waals surface area (Å²) in [6, 6.07) is 0.488. The van der Waals surface area contributed by atoms with E-state index in [1.165, 1.54) is 12.8 Å². The third-order valence-corrected chi connectivity index (χ3v) is 3.35. The largest absolute Gasteiger partial charge is 0.407 e. The molecule has 0 atom stereocenters. The van der Waals surface area contributed by atoms with Crippen molar-refractivity contribution in [2.75, 3.05) is 11.9 Å². The van der Waals surface area contributed by atoms with Crippen LogP contribution >= 0.6 is 0 Å². The van der Waals surface area contributed by atoms with Gasteiger partial charge in [-0.25, -0.2) is 0 Å². The van der Waals surface area contributed by atoms with Crippen LogP contribution in [0.1, 0.15) is 32.6 Å². The van der Waals surface area contributed by atoms with E-state index >= 15 is 0 Å². The number of nitrogens with zero attached hydrogens (tertiary/aromatic N) is 2. The van der Waals surface area contributed by atoms with Crippen LogP contribution in [-0.4, -0.2) is 16.7 Å². The quantitative estimate of drug-likeness (QED) is 0.767. The van der Waals surface area contributed by atoms with Gasteiger partial charge in [-0.15, -0.1) is 5.10 Å². The van der Waals surface area contributed by atoms with E-state index in [9.17, 15) is 0 Å². The van der Waals surface area contributed by atoms with E-state index in [1.54, 1.807) is 0 Å². The fourth-order valence-electron chi connectivity index (χ4n) is 1.78. The monoisotopic (exact) mass is 210 g/mol. The van der Waals surface area contributed by atoms with E-state index in [0.29, 0.717) is 29.8 Å². The van der Waals surface area contributed by atoms with Gasteiger partial charge in [0, 0.05) is 6.54 Å². The molecule has 5 heteroatoms. The van der Waals surface area contributed by atoms with Gasteiger partial charge in [0.05, 0.1) is 6.54 Å². The molecule has 5 nitrogen and oxygen atoms in total. The molecule has 1 aliphatic carbocycles. The van der Waals surface area contributed by atoms with Crippen molar-refractivity contribution in [1.82, 2.24) is 10.2 Å². The molecule has 1 saturated carbocycles. The summed E-state index contributed by atoms with van der Waals surface area (Å²) < 4.78 is 5.28. The highest BCUT2D eigenvalue weighted by molar-refractivity contribution is 5.19. The zero-order chi connectivity index (χ0) is 10.9. The normalized spacial score (nSPS) is 18.1. The van der Waals surface area contributed by atoms with Crippen molar-refractivity contribution in [2.45, 2.75) is 33.2 Å². The lowest BCUT2D eigenvalue weighted by molar-refractivity contribution is 0.375. The first kappa shape index (κ1) is 10.4. The standard InChI is InChI=1S/C10H18N4O/c1-7(2)10(3-4-10)6-12-9-14-13-8(5-11)15-9/h7H,3-6,11H2,1-2H3,(H,12,14). The van der Waals surface area contributed by atoms with Crippen LogP contribution in [0.4, 0.5) is 6.01 Å². The van der Waals surface area contributed by atoms with Crippen LogP contribution in [0.15, 0.2) is 4.42 Å². The summed E-state index contributed by atoms with van der Waals surface area (Å²) in [5, 5.41) is 10.9. The van der Waals surface area contributed by atoms with E-state index in [4.69, 9.17) is 10.2 Å². The van der Waals surface area contributed by atoms with Gasteiger partial charge in [0.1, 0.15) is 0 Å². The molecule has 0 radical (unpaired) electrons. The highest BCUT2D eigenvalue weighted by atomic mass is 16.4. The Hall–Kier alpha value is -1.10. The van der Waals surface area contributed by atoms with Gasteiger partial charge in [-0.3, -0.25) is 0 Å². The second-order valence-corrected chi connectivity index (χ2v) is 4.58. The molecule has 1 heterocycles. The number of aromatic nitrogens is 2. The topological polar surface area (TPSA) is 77.0 Å². The first-order chi connectivity index (χ1) is 7.16. The van der Waals surface area contributed by atoms with Crippen LogP contribution < -0.4 is 11.1 Å². The minimum absolute atomic E-state index is 0.296. The predicted octanol–water partition coefficient (Wildman–Crippen LogP) is 1.38. The Labute approximate surface area is 89.4 Å². The zero-order valence-electron chi connectivity index (χ0n) is 9.29. The molecule has 0 amide bonds. The smallest absolute Gasteiger partial charge is 0.315 e. The molecule has 2 rings (SSSR count). The number of nitrogens with one attached hydrogen (secondary N) is 1. The maximum Gasteiger partial charge on any atom is 0.315 e. The van der Waals surface area contributed by atoms with Crippen molar-refractivity contribution in [1.29, 1.82) is 0 Å². The van der Waals surface area contributed by atoms with Gasteiger partial charge in [-0.1, -0.05) is 18.9 Å². The van der Waals surface area contributed by atoms with Gasteiger partial charge in [0.15, 0.2) is 0 Å². The number of rotatable bonds is 5. The average Bonchev–Trinajstić information content (AvgIpc) is 2.88. The summed E-state index contributed by atoms with van der Waals surface area (Å²) in [5.41, 5.74) is 5.82. The highest BCUT2D eigenvalue weighted by Gasteiger charge is 2.45. The maximum absolute atomic E-state index is 5.38. The van der Waals surface area contributed by atoms with Crippen molar-refractivity contribution in [3.63, 3.8) is 0 Å². The van der Waals surface area contributed by atoms with Gasteiger partial charge >= 0.3 is 6.01 Å². The molecule has 0 saturated heterocycles. The fourth-order valence-corrected chi connectivity index (χ4v) is 1.78. The molecule has 0 aliphatic heterocycles. The third-order valence-electron chi connectivity index (χ3n) is 3.35. The Kier molecular flexibility index (Phi) is 2.65. The molecule has 0 spiro atoms. The summed E-state index contributed by atoms with van der Waals surface area (Å²) in [5.74, 6) is 1.17. The van der Waals surface area contributed by atoms with Crippen molar-refractivity contribution in [2.24, 2.45) is 17.1 Å². The molecular weight excluding hydrogens is 192 g/mol. The molecular formula is C10H18N4O. The Balaban J connectivity index is 1.88. The summed E-state index contributed by atoms with van der Waals surface area (Å²) in [6.45, 7) is 5.72. The van der Waals surface area contributed by atoms with E-state index in [0.717, 1.165) is 6.54 Å². The number of anilines is 1. The minimum Gasteiger partial charge on any atom is -0.407 e. The first-order valence-electron chi connectivity index (χ1n) is 5.42. The number of hydrogen-bond acceptors (Lipinski definition) is 5. The summed E-state index contributed by atoms with van der Waals surface area (Å²) >= 11 is 0. The minimum atomic E-state index is 0.296. The lowest BCUT2D eigenvalue weighted by Gasteiger charge is -2.18. The van der Waals surface area contributed by atoms with Crippen LogP contribution in [0.2, 0.25) is 0 Å². The zero-order valence-corrected chi connectivity index (χ0v) is 9.29. The van der Waals surface area contributed by atoms with Crippen molar-refractivity contribution in [3.8, 4) is 0 Å². The highest BCUT2D eigenvalue weighted by Crippen LogP contribution is 2.51. The first-order valence-corrected chi connectivity index (χ1v) is 5.42. The summed E-state index contributed by atoms with van der Waals surface area (Å²) in [4.78, 5) is 0. The molecule has 0 aromatic carbocycles. The van der Waals surface area contributed by atoms with Crippen LogP contribution in [0.25, 0.3) is 0 Å². The molecule has 1 fully saturated rings. The van der Waals surface area contributed by atoms with Crippen LogP contribution in [-0.2, 0) is 6.54 Å². The molecule has 1 aromatic rings. The van der Waals surface area contributed by atoms with Crippen LogP contribution in [0, 0.1) is 11.3 Å². The molecule has 0 unspecified atom stereocenters. The second kappa shape index (κ2) is 3.81. The SMILES string of the molecule is CC(C)C1(CNc2nnc(CN)o2)CC1. The van der Waals surface area contributed by atoms with Gasteiger partial charge in [-0.05, 0) is 24.2 Å². The molecule has 84 valence electrons. The number of nitrogens with two attached hydrogens (primary N) is 1. The molecule has 1 aliphatic rings. The average molecular weight is 210 g/mol. The Bertz CT molecular complexity index is 330. The van der Waals surface area contributed by atoms with Crippen molar-refractivity contribution >= 4 is 6.01 Å². The van der Waals surface area contributed by atoms with E-state index in [2.05, 4.69) is 29.4 Å². The van der Waals surface area contributed by atoms with E-state index in [-0.39, 0.29) is 0 Å². The van der Waals surface area contributed by atoms with Gasteiger partial charge in [0.25, 0.3) is 0 Å². The lowest BCUT2D eigenvalue weighted by Crippen LogP contribution is -2.20. The van der Waals surface area contributed by atoms with Gasteiger partial charge < -0.3 is 15.5 Å². The maximum atomic E-state index is 5.38. The van der Waals surface area contributed by atoms with Crippen molar-refractivity contribution < 1.29 is 4.42 Å². The molecule has 0 bridgehead atoms. The van der Waals surface area contributed by atoms with Crippen molar-refractivity contribution in [3.05, 3.63) is 5.89 Å². The summed E-state index contributed by atoms with van der Waals surface area (Å²) in [6.07, 6.45) is 2.57. The predicted molar refractivity (Wildman–Crippen MR) is 57.2 cm³/mol. The fraction of sp³-hybridized carbons (Fsp3) is 0.800. The Morgan fingerprint density at radius 3 is 2.67 bits per heavy atom.